The number of hydrogen-bond donors (Lipinski definition) is 0. The summed E-state index contributed by atoms with van der Waals surface area (Å²) in [5.74, 6) is 0. The van der Waals surface area contributed by atoms with E-state index in [9.17, 15) is 4.79 Å². The zero-order valence-electron chi connectivity index (χ0n) is 8.15. The molecule has 1 aromatic heterocycles. The summed E-state index contributed by atoms with van der Waals surface area (Å²) in [7, 11) is 1.39. The smallest absolute Gasteiger partial charge is 0.418 e. The topological polar surface area (TPSA) is 31.2 Å². The molecule has 0 saturated carbocycles. The predicted octanol–water partition coefficient (Wildman–Crippen LogP) is 2.56. The zero-order valence-corrected chi connectivity index (χ0v) is 8.15. The molecular formula is C11H11NO2. The van der Waals surface area contributed by atoms with Crippen LogP contribution in [0.3, 0.4) is 0 Å². The van der Waals surface area contributed by atoms with E-state index in [0.717, 1.165) is 16.6 Å². The molecule has 0 radical (unpaired) electrons. The summed E-state index contributed by atoms with van der Waals surface area (Å²) in [5.41, 5.74) is 1.77. The van der Waals surface area contributed by atoms with Crippen molar-refractivity contribution in [1.29, 1.82) is 0 Å². The van der Waals surface area contributed by atoms with E-state index in [2.05, 4.69) is 0 Å². The van der Waals surface area contributed by atoms with Crippen molar-refractivity contribution in [2.75, 3.05) is 7.11 Å². The molecule has 0 N–H and O–H groups in total. The van der Waals surface area contributed by atoms with Gasteiger partial charge in [0.25, 0.3) is 0 Å². The molecule has 0 atom stereocenters. The second kappa shape index (κ2) is 3.18. The molecule has 0 aliphatic heterocycles. The van der Waals surface area contributed by atoms with Crippen LogP contribution in [0, 0.1) is 6.92 Å². The minimum atomic E-state index is -0.344. The van der Waals surface area contributed by atoms with Crippen molar-refractivity contribution in [2.24, 2.45) is 0 Å². The normalized spacial score (nSPS) is 10.4. The highest BCUT2D eigenvalue weighted by atomic mass is 16.5. The van der Waals surface area contributed by atoms with Gasteiger partial charge in [0.15, 0.2) is 0 Å². The second-order valence-electron chi connectivity index (χ2n) is 3.15. The highest BCUT2D eigenvalue weighted by Gasteiger charge is 2.11. The van der Waals surface area contributed by atoms with Gasteiger partial charge in [-0.25, -0.2) is 9.36 Å². The van der Waals surface area contributed by atoms with Crippen molar-refractivity contribution in [2.45, 2.75) is 6.92 Å². The lowest BCUT2D eigenvalue weighted by atomic mass is 10.2. The van der Waals surface area contributed by atoms with E-state index in [1.807, 2.05) is 37.3 Å². The maximum Gasteiger partial charge on any atom is 0.418 e. The van der Waals surface area contributed by atoms with Crippen molar-refractivity contribution in [3.8, 4) is 0 Å². The lowest BCUT2D eigenvalue weighted by Gasteiger charge is -2.03. The first kappa shape index (κ1) is 8.81. The minimum absolute atomic E-state index is 0.344. The number of benzene rings is 1. The molecule has 0 fully saturated rings. The zero-order chi connectivity index (χ0) is 10.1. The van der Waals surface area contributed by atoms with Crippen LogP contribution in [-0.4, -0.2) is 17.8 Å². The number of fused-ring (bicyclic) bond motifs is 1. The third-order valence-electron chi connectivity index (χ3n) is 2.25. The Kier molecular flexibility index (Phi) is 2.00. The van der Waals surface area contributed by atoms with Gasteiger partial charge < -0.3 is 4.74 Å². The van der Waals surface area contributed by atoms with Gasteiger partial charge >= 0.3 is 6.09 Å². The average molecular weight is 189 g/mol. The molecule has 3 heteroatoms. The number of nitrogens with zero attached hydrogens (tertiary/aromatic N) is 1. The molecule has 0 unspecified atom stereocenters. The van der Waals surface area contributed by atoms with Gasteiger partial charge in [-0.15, -0.1) is 0 Å². The van der Waals surface area contributed by atoms with Crippen molar-refractivity contribution >= 4 is 17.0 Å². The lowest BCUT2D eigenvalue weighted by molar-refractivity contribution is 0.173. The SMILES string of the molecule is COC(=O)n1c(C)cc2ccccc21. The fourth-order valence-electron chi connectivity index (χ4n) is 1.63. The van der Waals surface area contributed by atoms with Crippen LogP contribution < -0.4 is 0 Å². The van der Waals surface area contributed by atoms with E-state index in [1.165, 1.54) is 7.11 Å². The van der Waals surface area contributed by atoms with Crippen molar-refractivity contribution < 1.29 is 9.53 Å². The third kappa shape index (κ3) is 1.18. The Bertz CT molecular complexity index is 485. The van der Waals surface area contributed by atoms with Crippen LogP contribution in [0.5, 0.6) is 0 Å². The maximum absolute atomic E-state index is 11.5. The van der Waals surface area contributed by atoms with Gasteiger partial charge in [-0.3, -0.25) is 0 Å². The predicted molar refractivity (Wildman–Crippen MR) is 54.5 cm³/mol. The molecule has 3 nitrogen and oxygen atoms in total. The van der Waals surface area contributed by atoms with Crippen LogP contribution in [0.1, 0.15) is 5.69 Å². The number of ether oxygens (including phenoxy) is 1. The number of rotatable bonds is 0. The number of carbonyl (C=O) groups excluding carboxylic acids is 1. The van der Waals surface area contributed by atoms with Crippen molar-refractivity contribution in [3.63, 3.8) is 0 Å². The van der Waals surface area contributed by atoms with E-state index < -0.39 is 0 Å². The first-order valence-corrected chi connectivity index (χ1v) is 4.39. The number of hydrogen-bond acceptors (Lipinski definition) is 2. The van der Waals surface area contributed by atoms with Crippen molar-refractivity contribution in [3.05, 3.63) is 36.0 Å². The molecule has 14 heavy (non-hydrogen) atoms. The van der Waals surface area contributed by atoms with Gasteiger partial charge in [-0.2, -0.15) is 0 Å². The Morgan fingerprint density at radius 1 is 1.36 bits per heavy atom. The van der Waals surface area contributed by atoms with Crippen LogP contribution in [0.2, 0.25) is 0 Å². The molecule has 0 aliphatic rings. The summed E-state index contributed by atoms with van der Waals surface area (Å²) in [6.07, 6.45) is -0.344. The van der Waals surface area contributed by atoms with Gasteiger partial charge in [0.05, 0.1) is 12.6 Å². The molecule has 0 spiro atoms. The Hall–Kier alpha value is -1.77. The fourth-order valence-corrected chi connectivity index (χ4v) is 1.63. The molecule has 0 amide bonds. The number of carbonyl (C=O) groups is 1. The van der Waals surface area contributed by atoms with Crippen LogP contribution in [0.4, 0.5) is 4.79 Å². The van der Waals surface area contributed by atoms with Crippen LogP contribution in [0.25, 0.3) is 10.9 Å². The monoisotopic (exact) mass is 189 g/mol. The molecule has 72 valence electrons. The van der Waals surface area contributed by atoms with Gasteiger partial charge in [0, 0.05) is 11.1 Å². The summed E-state index contributed by atoms with van der Waals surface area (Å²) >= 11 is 0. The summed E-state index contributed by atoms with van der Waals surface area (Å²) in [5, 5.41) is 1.05. The largest absolute Gasteiger partial charge is 0.452 e. The van der Waals surface area contributed by atoms with E-state index in [-0.39, 0.29) is 6.09 Å². The molecule has 0 aliphatic carbocycles. The van der Waals surface area contributed by atoms with Gasteiger partial charge in [-0.05, 0) is 19.1 Å². The Morgan fingerprint density at radius 2 is 2.07 bits per heavy atom. The molecule has 1 heterocycles. The quantitative estimate of drug-likeness (QED) is 0.637. The minimum Gasteiger partial charge on any atom is -0.452 e. The van der Waals surface area contributed by atoms with Gasteiger partial charge in [-0.1, -0.05) is 18.2 Å². The fraction of sp³-hybridized carbons (Fsp3) is 0.182. The molecule has 0 saturated heterocycles. The molecule has 2 rings (SSSR count). The Balaban J connectivity index is 2.74. The first-order valence-electron chi connectivity index (χ1n) is 4.39. The molecule has 2 aromatic rings. The Morgan fingerprint density at radius 3 is 2.79 bits per heavy atom. The van der Waals surface area contributed by atoms with Gasteiger partial charge in [0.2, 0.25) is 0 Å². The van der Waals surface area contributed by atoms with E-state index in [0.29, 0.717) is 0 Å². The highest BCUT2D eigenvalue weighted by Crippen LogP contribution is 2.18. The number of para-hydroxylation sites is 1. The molecule has 1 aromatic carbocycles. The maximum atomic E-state index is 11.5. The molecular weight excluding hydrogens is 178 g/mol. The van der Waals surface area contributed by atoms with E-state index in [4.69, 9.17) is 4.74 Å². The average Bonchev–Trinajstić information content (AvgIpc) is 2.53. The standard InChI is InChI=1S/C11H11NO2/c1-8-7-9-5-3-4-6-10(9)12(8)11(13)14-2/h3-7H,1-2H3. The van der Waals surface area contributed by atoms with Crippen LogP contribution >= 0.6 is 0 Å². The third-order valence-corrected chi connectivity index (χ3v) is 2.25. The van der Waals surface area contributed by atoms with Crippen LogP contribution in [0.15, 0.2) is 30.3 Å². The Labute approximate surface area is 81.9 Å². The first-order chi connectivity index (χ1) is 6.74. The van der Waals surface area contributed by atoms with E-state index in [1.54, 1.807) is 4.57 Å². The molecule has 0 bridgehead atoms. The van der Waals surface area contributed by atoms with Gasteiger partial charge in [0.1, 0.15) is 0 Å². The van der Waals surface area contributed by atoms with E-state index >= 15 is 0 Å². The lowest BCUT2D eigenvalue weighted by Crippen LogP contribution is -2.12. The second-order valence-corrected chi connectivity index (χ2v) is 3.15. The van der Waals surface area contributed by atoms with Crippen molar-refractivity contribution in [1.82, 2.24) is 4.57 Å². The number of aryl methyl sites for hydroxylation is 1. The number of methoxy groups -OCH3 is 1. The number of aromatic nitrogens is 1. The summed E-state index contributed by atoms with van der Waals surface area (Å²) < 4.78 is 6.27. The summed E-state index contributed by atoms with van der Waals surface area (Å²) in [4.78, 5) is 11.5. The summed E-state index contributed by atoms with van der Waals surface area (Å²) in [6.45, 7) is 1.89. The highest BCUT2D eigenvalue weighted by molar-refractivity contribution is 5.90. The summed E-state index contributed by atoms with van der Waals surface area (Å²) in [6, 6.07) is 9.69. The van der Waals surface area contributed by atoms with Crippen LogP contribution in [-0.2, 0) is 4.74 Å².